The van der Waals surface area contributed by atoms with E-state index in [4.69, 9.17) is 14.2 Å². The first kappa shape index (κ1) is 15.3. The van der Waals surface area contributed by atoms with Crippen LogP contribution in [0.15, 0.2) is 24.3 Å². The lowest BCUT2D eigenvalue weighted by molar-refractivity contribution is -0.154. The summed E-state index contributed by atoms with van der Waals surface area (Å²) in [6, 6.07) is 7.62. The van der Waals surface area contributed by atoms with Gasteiger partial charge in [0.2, 0.25) is 0 Å². The lowest BCUT2D eigenvalue weighted by Gasteiger charge is -2.39. The first-order chi connectivity index (χ1) is 9.72. The Hall–Kier alpha value is -1.10. The number of benzene rings is 1. The van der Waals surface area contributed by atoms with Gasteiger partial charge in [-0.25, -0.2) is 0 Å². The summed E-state index contributed by atoms with van der Waals surface area (Å²) in [5.74, 6) is 0.834. The van der Waals surface area contributed by atoms with Crippen LogP contribution < -0.4 is 4.74 Å². The normalized spacial score (nSPS) is 19.6. The summed E-state index contributed by atoms with van der Waals surface area (Å²) in [4.78, 5) is 0. The predicted molar refractivity (Wildman–Crippen MR) is 77.0 cm³/mol. The smallest absolute Gasteiger partial charge is 0.119 e. The molecule has 0 spiro atoms. The largest absolute Gasteiger partial charge is 0.494 e. The van der Waals surface area contributed by atoms with Gasteiger partial charge in [-0.3, -0.25) is 0 Å². The molecule has 1 unspecified atom stereocenters. The number of ether oxygens (including phenoxy) is 3. The van der Waals surface area contributed by atoms with Crippen molar-refractivity contribution < 1.29 is 19.3 Å². The van der Waals surface area contributed by atoms with Gasteiger partial charge < -0.3 is 19.3 Å². The zero-order chi connectivity index (χ0) is 14.4. The molecule has 112 valence electrons. The topological polar surface area (TPSA) is 47.9 Å². The van der Waals surface area contributed by atoms with Crippen LogP contribution in [0, 0.1) is 0 Å². The van der Waals surface area contributed by atoms with Crippen molar-refractivity contribution in [1.29, 1.82) is 0 Å². The summed E-state index contributed by atoms with van der Waals surface area (Å²) in [6.45, 7) is 4.04. The van der Waals surface area contributed by atoms with Gasteiger partial charge in [-0.2, -0.15) is 0 Å². The van der Waals surface area contributed by atoms with Crippen molar-refractivity contribution in [2.24, 2.45) is 0 Å². The second-order valence-electron chi connectivity index (χ2n) is 5.20. The lowest BCUT2D eigenvalue weighted by Crippen LogP contribution is -2.43. The fourth-order valence-electron chi connectivity index (χ4n) is 2.58. The van der Waals surface area contributed by atoms with E-state index in [-0.39, 0.29) is 0 Å². The van der Waals surface area contributed by atoms with E-state index < -0.39 is 11.7 Å². The van der Waals surface area contributed by atoms with E-state index in [1.54, 1.807) is 7.11 Å². The Balaban J connectivity index is 2.09. The highest BCUT2D eigenvalue weighted by molar-refractivity contribution is 5.30. The Morgan fingerprint density at radius 2 is 1.90 bits per heavy atom. The molecule has 2 rings (SSSR count). The molecule has 1 aromatic rings. The number of rotatable bonds is 6. The van der Waals surface area contributed by atoms with E-state index in [1.165, 1.54) is 0 Å². The molecule has 0 saturated carbocycles. The van der Waals surface area contributed by atoms with E-state index in [2.05, 4.69) is 6.92 Å². The quantitative estimate of drug-likeness (QED) is 0.870. The SMILES string of the molecule is CCCOc1ccc(C(O)C2(OC)CCOCC2)cc1. The Labute approximate surface area is 120 Å². The maximum atomic E-state index is 10.6. The van der Waals surface area contributed by atoms with Gasteiger partial charge in [-0.05, 0) is 24.1 Å². The minimum absolute atomic E-state index is 0.538. The van der Waals surface area contributed by atoms with E-state index in [0.29, 0.717) is 32.7 Å². The first-order valence-electron chi connectivity index (χ1n) is 7.25. The molecule has 1 aliphatic heterocycles. The lowest BCUT2D eigenvalue weighted by atomic mass is 9.84. The molecular formula is C16H24O4. The molecule has 4 nitrogen and oxygen atoms in total. The standard InChI is InChI=1S/C16H24O4/c1-3-10-20-14-6-4-13(5-7-14)15(17)16(18-2)8-11-19-12-9-16/h4-7,15,17H,3,8-12H2,1-2H3. The van der Waals surface area contributed by atoms with Crippen LogP contribution in [0.5, 0.6) is 5.75 Å². The predicted octanol–water partition coefficient (Wildman–Crippen LogP) is 2.70. The van der Waals surface area contributed by atoms with E-state index in [9.17, 15) is 5.11 Å². The third-order valence-corrected chi connectivity index (χ3v) is 3.91. The molecule has 0 radical (unpaired) electrons. The molecule has 20 heavy (non-hydrogen) atoms. The summed E-state index contributed by atoms with van der Waals surface area (Å²) in [7, 11) is 1.66. The summed E-state index contributed by atoms with van der Waals surface area (Å²) < 4.78 is 16.5. The van der Waals surface area contributed by atoms with Crippen molar-refractivity contribution in [3.05, 3.63) is 29.8 Å². The van der Waals surface area contributed by atoms with Gasteiger partial charge in [0, 0.05) is 33.2 Å². The maximum absolute atomic E-state index is 10.6. The fraction of sp³-hybridized carbons (Fsp3) is 0.625. The summed E-state index contributed by atoms with van der Waals surface area (Å²) in [5.41, 5.74) is 0.321. The summed E-state index contributed by atoms with van der Waals surface area (Å²) >= 11 is 0. The summed E-state index contributed by atoms with van der Waals surface area (Å²) in [5, 5.41) is 10.6. The number of methoxy groups -OCH3 is 1. The third kappa shape index (κ3) is 3.32. The number of aliphatic hydroxyl groups excluding tert-OH is 1. The van der Waals surface area contributed by atoms with Crippen molar-refractivity contribution in [3.8, 4) is 5.75 Å². The molecule has 1 heterocycles. The Morgan fingerprint density at radius 3 is 2.45 bits per heavy atom. The minimum Gasteiger partial charge on any atom is -0.494 e. The minimum atomic E-state index is -0.642. The average Bonchev–Trinajstić information content (AvgIpc) is 2.53. The number of hydrogen-bond acceptors (Lipinski definition) is 4. The second-order valence-corrected chi connectivity index (χ2v) is 5.20. The highest BCUT2D eigenvalue weighted by Crippen LogP contribution is 2.37. The molecular weight excluding hydrogens is 256 g/mol. The monoisotopic (exact) mass is 280 g/mol. The van der Waals surface area contributed by atoms with Gasteiger partial charge in [-0.15, -0.1) is 0 Å². The van der Waals surface area contributed by atoms with Crippen molar-refractivity contribution in [3.63, 3.8) is 0 Å². The van der Waals surface area contributed by atoms with Crippen LogP contribution in [0.2, 0.25) is 0 Å². The van der Waals surface area contributed by atoms with Crippen molar-refractivity contribution >= 4 is 0 Å². The molecule has 1 N–H and O–H groups in total. The van der Waals surface area contributed by atoms with Crippen LogP contribution >= 0.6 is 0 Å². The van der Waals surface area contributed by atoms with Gasteiger partial charge in [0.1, 0.15) is 17.5 Å². The van der Waals surface area contributed by atoms with Gasteiger partial charge in [0.15, 0.2) is 0 Å². The highest BCUT2D eigenvalue weighted by atomic mass is 16.5. The molecule has 0 aromatic heterocycles. The first-order valence-corrected chi connectivity index (χ1v) is 7.25. The zero-order valence-corrected chi connectivity index (χ0v) is 12.3. The molecule has 1 aliphatic rings. The Kier molecular flexibility index (Phi) is 5.40. The van der Waals surface area contributed by atoms with Gasteiger partial charge in [0.25, 0.3) is 0 Å². The molecule has 0 amide bonds. The third-order valence-electron chi connectivity index (χ3n) is 3.91. The second kappa shape index (κ2) is 7.07. The van der Waals surface area contributed by atoms with Crippen molar-refractivity contribution in [2.45, 2.75) is 37.9 Å². The zero-order valence-electron chi connectivity index (χ0n) is 12.3. The maximum Gasteiger partial charge on any atom is 0.119 e. The van der Waals surface area contributed by atoms with Crippen LogP contribution in [0.1, 0.15) is 37.9 Å². The van der Waals surface area contributed by atoms with Crippen LogP contribution in [0.3, 0.4) is 0 Å². The van der Waals surface area contributed by atoms with Gasteiger partial charge in [0.05, 0.1) is 6.61 Å². The van der Waals surface area contributed by atoms with Crippen LogP contribution in [0.4, 0.5) is 0 Å². The van der Waals surface area contributed by atoms with Crippen molar-refractivity contribution in [1.82, 2.24) is 0 Å². The van der Waals surface area contributed by atoms with E-state index >= 15 is 0 Å². The highest BCUT2D eigenvalue weighted by Gasteiger charge is 2.40. The summed E-state index contributed by atoms with van der Waals surface area (Å²) in [6.07, 6.45) is 1.76. The Bertz CT molecular complexity index is 395. The average molecular weight is 280 g/mol. The number of aliphatic hydroxyl groups is 1. The van der Waals surface area contributed by atoms with Gasteiger partial charge >= 0.3 is 0 Å². The van der Waals surface area contributed by atoms with Crippen LogP contribution in [-0.2, 0) is 9.47 Å². The van der Waals surface area contributed by atoms with E-state index in [0.717, 1.165) is 17.7 Å². The Morgan fingerprint density at radius 1 is 1.25 bits per heavy atom. The van der Waals surface area contributed by atoms with Crippen LogP contribution in [-0.4, -0.2) is 37.6 Å². The number of hydrogen-bond donors (Lipinski definition) is 1. The molecule has 1 aromatic carbocycles. The molecule has 1 atom stereocenters. The van der Waals surface area contributed by atoms with E-state index in [1.807, 2.05) is 24.3 Å². The van der Waals surface area contributed by atoms with Crippen LogP contribution in [0.25, 0.3) is 0 Å². The molecule has 1 saturated heterocycles. The van der Waals surface area contributed by atoms with Gasteiger partial charge in [-0.1, -0.05) is 19.1 Å². The molecule has 0 bridgehead atoms. The molecule has 0 aliphatic carbocycles. The molecule has 1 fully saturated rings. The molecule has 4 heteroatoms. The van der Waals surface area contributed by atoms with Crippen molar-refractivity contribution in [2.75, 3.05) is 26.9 Å². The fourth-order valence-corrected chi connectivity index (χ4v) is 2.58.